The Morgan fingerprint density at radius 2 is 1.63 bits per heavy atom. The highest BCUT2D eigenvalue weighted by Crippen LogP contribution is 2.39. The van der Waals surface area contributed by atoms with Gasteiger partial charge in [0.15, 0.2) is 17.3 Å². The van der Waals surface area contributed by atoms with Crippen molar-refractivity contribution in [2.24, 2.45) is 11.8 Å². The van der Waals surface area contributed by atoms with Crippen LogP contribution in [0.2, 0.25) is 0 Å². The molecule has 1 saturated heterocycles. The summed E-state index contributed by atoms with van der Waals surface area (Å²) >= 11 is 0. The van der Waals surface area contributed by atoms with Crippen molar-refractivity contribution in [2.45, 2.75) is 77.7 Å². The van der Waals surface area contributed by atoms with E-state index in [4.69, 9.17) is 14.6 Å². The predicted octanol–water partition coefficient (Wildman–Crippen LogP) is 6.79. The lowest BCUT2D eigenvalue weighted by molar-refractivity contribution is -0.137. The summed E-state index contributed by atoms with van der Waals surface area (Å²) in [5.74, 6) is 1.71. The van der Waals surface area contributed by atoms with Crippen LogP contribution in [0.25, 0.3) is 0 Å². The molecule has 2 aliphatic rings. The first-order chi connectivity index (χ1) is 18.4. The van der Waals surface area contributed by atoms with Crippen molar-refractivity contribution in [1.82, 2.24) is 4.90 Å². The zero-order valence-corrected chi connectivity index (χ0v) is 23.4. The molecule has 4 rings (SSSR count). The molecule has 2 aromatic rings. The smallest absolute Gasteiger partial charge is 0.303 e. The Balaban J connectivity index is 0.000000342. The molecule has 6 heteroatoms. The van der Waals surface area contributed by atoms with Crippen LogP contribution >= 0.6 is 0 Å². The van der Waals surface area contributed by atoms with Crippen LogP contribution < -0.4 is 9.47 Å². The summed E-state index contributed by atoms with van der Waals surface area (Å²) < 4.78 is 10.8. The molecule has 0 spiro atoms. The number of unbranched alkanes of at least 4 members (excludes halogenated alkanes) is 4. The number of aliphatic carboxylic acids is 1. The monoisotopic (exact) mass is 523 g/mol. The molecule has 0 bridgehead atoms. The summed E-state index contributed by atoms with van der Waals surface area (Å²) in [7, 11) is 3.26. The number of Topliss-reactive ketones (excluding diaryl/α,β-unsaturated/α-hetero) is 1. The van der Waals surface area contributed by atoms with Gasteiger partial charge in [0.2, 0.25) is 0 Å². The second-order valence-electron chi connectivity index (χ2n) is 10.6. The maximum atomic E-state index is 12.9. The molecular weight excluding hydrogens is 478 g/mol. The number of hydrogen-bond donors (Lipinski definition) is 1. The maximum Gasteiger partial charge on any atom is 0.303 e. The quantitative estimate of drug-likeness (QED) is 0.309. The Morgan fingerprint density at radius 3 is 2.26 bits per heavy atom. The number of carboxylic acids is 1. The minimum Gasteiger partial charge on any atom is -0.493 e. The second-order valence-corrected chi connectivity index (χ2v) is 10.6. The van der Waals surface area contributed by atoms with E-state index in [1.807, 2.05) is 12.1 Å². The first kappa shape index (κ1) is 29.7. The zero-order valence-electron chi connectivity index (χ0n) is 23.4. The minimum absolute atomic E-state index is 0.109. The van der Waals surface area contributed by atoms with Crippen LogP contribution in [0.1, 0.15) is 86.2 Å². The van der Waals surface area contributed by atoms with Crippen LogP contribution in [-0.4, -0.2) is 49.1 Å². The van der Waals surface area contributed by atoms with Gasteiger partial charge in [-0.1, -0.05) is 62.9 Å². The fourth-order valence-electron chi connectivity index (χ4n) is 5.59. The van der Waals surface area contributed by atoms with Gasteiger partial charge in [-0.05, 0) is 74.4 Å². The average molecular weight is 524 g/mol. The van der Waals surface area contributed by atoms with E-state index in [1.165, 1.54) is 37.7 Å². The second kappa shape index (κ2) is 15.5. The predicted molar refractivity (Wildman–Crippen MR) is 151 cm³/mol. The van der Waals surface area contributed by atoms with E-state index in [0.29, 0.717) is 23.8 Å². The van der Waals surface area contributed by atoms with Gasteiger partial charge in [-0.25, -0.2) is 0 Å². The van der Waals surface area contributed by atoms with Crippen molar-refractivity contribution in [3.8, 4) is 11.5 Å². The summed E-state index contributed by atoms with van der Waals surface area (Å²) in [4.78, 5) is 25.5. The molecule has 0 amide bonds. The molecule has 38 heavy (non-hydrogen) atoms. The van der Waals surface area contributed by atoms with E-state index in [1.54, 1.807) is 14.2 Å². The van der Waals surface area contributed by atoms with Crippen molar-refractivity contribution in [1.29, 1.82) is 0 Å². The van der Waals surface area contributed by atoms with Crippen LogP contribution in [0.15, 0.2) is 42.5 Å². The molecule has 0 saturated carbocycles. The van der Waals surface area contributed by atoms with Crippen LogP contribution in [0.5, 0.6) is 11.5 Å². The molecule has 208 valence electrons. The van der Waals surface area contributed by atoms with Gasteiger partial charge in [0.1, 0.15) is 0 Å². The number of nitrogens with zero attached hydrogens (tertiary/aromatic N) is 1. The highest BCUT2D eigenvalue weighted by molar-refractivity contribution is 6.02. The molecule has 1 fully saturated rings. The number of rotatable bonds is 12. The summed E-state index contributed by atoms with van der Waals surface area (Å²) in [5.41, 5.74) is 3.31. The standard InChI is InChI=1S/C24H29NO3.C8H16O2/c1-27-22-14-19-13-20(24(26)21(19)15-23(22)28-2)12-17-8-10-25(11-9-17)16-18-6-4-3-5-7-18;1-2-3-4-5-6-7-8(9)10/h3-7,14-15,17,20H,8-13,16H2,1-2H3;2-7H2,1H3,(H,9,10). The van der Waals surface area contributed by atoms with Crippen LogP contribution in [0.3, 0.4) is 0 Å². The van der Waals surface area contributed by atoms with Gasteiger partial charge in [-0.3, -0.25) is 14.5 Å². The number of ketones is 1. The highest BCUT2D eigenvalue weighted by Gasteiger charge is 2.34. The molecule has 1 aliphatic heterocycles. The first-order valence-corrected chi connectivity index (χ1v) is 14.2. The van der Waals surface area contributed by atoms with E-state index < -0.39 is 5.97 Å². The molecule has 0 aromatic heterocycles. The lowest BCUT2D eigenvalue weighted by Crippen LogP contribution is -2.34. The zero-order chi connectivity index (χ0) is 27.3. The van der Waals surface area contributed by atoms with Crippen LogP contribution in [0, 0.1) is 11.8 Å². The summed E-state index contributed by atoms with van der Waals surface area (Å²) in [5, 5.41) is 8.27. The third kappa shape index (κ3) is 8.87. The molecule has 6 nitrogen and oxygen atoms in total. The lowest BCUT2D eigenvalue weighted by Gasteiger charge is -2.32. The number of likely N-dealkylation sites (tertiary alicyclic amines) is 1. The largest absolute Gasteiger partial charge is 0.493 e. The normalized spacial score (nSPS) is 17.4. The van der Waals surface area contributed by atoms with Gasteiger partial charge in [-0.2, -0.15) is 0 Å². The van der Waals surface area contributed by atoms with E-state index in [0.717, 1.165) is 56.4 Å². The number of carbonyl (C=O) groups is 2. The molecule has 0 radical (unpaired) electrons. The summed E-state index contributed by atoms with van der Waals surface area (Å²) in [6, 6.07) is 14.5. The Kier molecular flexibility index (Phi) is 12.1. The molecule has 1 aliphatic carbocycles. The van der Waals surface area contributed by atoms with E-state index in [-0.39, 0.29) is 11.7 Å². The van der Waals surface area contributed by atoms with Crippen LogP contribution in [-0.2, 0) is 17.8 Å². The number of fused-ring (bicyclic) bond motifs is 1. The first-order valence-electron chi connectivity index (χ1n) is 14.2. The fourth-order valence-corrected chi connectivity index (χ4v) is 5.59. The number of ether oxygens (including phenoxy) is 2. The van der Waals surface area contributed by atoms with Crippen molar-refractivity contribution in [3.05, 3.63) is 59.2 Å². The molecule has 1 unspecified atom stereocenters. The summed E-state index contributed by atoms with van der Waals surface area (Å²) in [6.45, 7) is 5.42. The average Bonchev–Trinajstić information content (AvgIpc) is 3.23. The molecular formula is C32H45NO5. The third-order valence-electron chi connectivity index (χ3n) is 7.78. The highest BCUT2D eigenvalue weighted by atomic mass is 16.5. The number of piperidine rings is 1. The Hall–Kier alpha value is -2.86. The van der Waals surface area contributed by atoms with E-state index in [9.17, 15) is 9.59 Å². The van der Waals surface area contributed by atoms with Crippen molar-refractivity contribution < 1.29 is 24.2 Å². The molecule has 1 atom stereocenters. The Labute approximate surface area is 228 Å². The van der Waals surface area contributed by atoms with Gasteiger partial charge in [0, 0.05) is 24.4 Å². The van der Waals surface area contributed by atoms with Crippen molar-refractivity contribution >= 4 is 11.8 Å². The number of carbonyl (C=O) groups excluding carboxylic acids is 1. The van der Waals surface area contributed by atoms with Crippen molar-refractivity contribution in [3.63, 3.8) is 0 Å². The van der Waals surface area contributed by atoms with Gasteiger partial charge in [0.25, 0.3) is 0 Å². The summed E-state index contributed by atoms with van der Waals surface area (Å²) in [6.07, 6.45) is 10.1. The Bertz CT molecular complexity index is 1010. The number of benzene rings is 2. The maximum absolute atomic E-state index is 12.9. The number of methoxy groups -OCH3 is 2. The topological polar surface area (TPSA) is 76.1 Å². The minimum atomic E-state index is -0.670. The third-order valence-corrected chi connectivity index (χ3v) is 7.78. The van der Waals surface area contributed by atoms with Gasteiger partial charge >= 0.3 is 5.97 Å². The van der Waals surface area contributed by atoms with Gasteiger partial charge < -0.3 is 14.6 Å². The number of carboxylic acid groups (broad SMARTS) is 1. The fraction of sp³-hybridized carbons (Fsp3) is 0.562. The number of hydrogen-bond acceptors (Lipinski definition) is 5. The van der Waals surface area contributed by atoms with Crippen molar-refractivity contribution in [2.75, 3.05) is 27.3 Å². The molecule has 1 heterocycles. The molecule has 2 aromatic carbocycles. The lowest BCUT2D eigenvalue weighted by atomic mass is 9.85. The van der Waals surface area contributed by atoms with E-state index >= 15 is 0 Å². The Morgan fingerprint density at radius 1 is 0.974 bits per heavy atom. The van der Waals surface area contributed by atoms with E-state index in [2.05, 4.69) is 42.2 Å². The molecule has 1 N–H and O–H groups in total. The van der Waals surface area contributed by atoms with Gasteiger partial charge in [0.05, 0.1) is 14.2 Å². The van der Waals surface area contributed by atoms with Crippen LogP contribution in [0.4, 0.5) is 0 Å². The van der Waals surface area contributed by atoms with Gasteiger partial charge in [-0.15, -0.1) is 0 Å². The SMILES string of the molecule is CCCCCCCC(=O)O.COc1cc2c(cc1OC)C(=O)C(CC1CCN(Cc3ccccc3)CC1)C2.